The third-order valence-corrected chi connectivity index (χ3v) is 10.5. The second-order valence-electron chi connectivity index (χ2n) is 13.4. The Bertz CT molecular complexity index is 2700. The molecule has 47 heavy (non-hydrogen) atoms. The molecule has 10 rings (SSSR count). The smallest absolute Gasteiger partial charge is 0.0930 e. The van der Waals surface area contributed by atoms with Crippen molar-refractivity contribution in [2.75, 3.05) is 0 Å². The highest BCUT2D eigenvalue weighted by Crippen LogP contribution is 2.49. The van der Waals surface area contributed by atoms with Gasteiger partial charge in [0.05, 0.1) is 11.4 Å². The first-order chi connectivity index (χ1) is 23.0. The summed E-state index contributed by atoms with van der Waals surface area (Å²) in [7, 11) is 0. The van der Waals surface area contributed by atoms with E-state index in [0.717, 1.165) is 22.5 Å². The maximum absolute atomic E-state index is 5.07. The summed E-state index contributed by atoms with van der Waals surface area (Å²) in [5, 5.41) is 10.3. The predicted octanol–water partition coefficient (Wildman–Crippen LogP) is 11.8. The minimum absolute atomic E-state index is 0.231. The Labute approximate surface area is 273 Å². The quantitative estimate of drug-likeness (QED) is 0.189. The molecule has 0 atom stereocenters. The minimum atomic E-state index is -0.231. The van der Waals surface area contributed by atoms with Crippen molar-refractivity contribution < 1.29 is 0 Å². The van der Waals surface area contributed by atoms with Crippen molar-refractivity contribution in [2.45, 2.75) is 19.3 Å². The molecule has 0 saturated heterocycles. The fraction of sp³-hybridized carbons (Fsp3) is 0.0667. The van der Waals surface area contributed by atoms with Gasteiger partial charge in [-0.25, -0.2) is 0 Å². The van der Waals surface area contributed by atoms with Crippen LogP contribution in [0, 0.1) is 0 Å². The third kappa shape index (κ3) is 3.79. The van der Waals surface area contributed by atoms with Crippen molar-refractivity contribution >= 4 is 43.1 Å². The van der Waals surface area contributed by atoms with Crippen LogP contribution in [0.15, 0.2) is 146 Å². The van der Waals surface area contributed by atoms with Crippen molar-refractivity contribution in [1.82, 2.24) is 9.97 Å². The Balaban J connectivity index is 1.07. The average molecular weight is 599 g/mol. The fourth-order valence-corrected chi connectivity index (χ4v) is 8.04. The molecule has 0 bridgehead atoms. The minimum Gasteiger partial charge on any atom is -0.254 e. The maximum Gasteiger partial charge on any atom is 0.0930 e. The standard InChI is InChI=1S/C45H30N2/c1-45(2)39-23-33(25-46-43(39)44-40(45)24-34(26-47-44)36-15-7-9-27-8-3-4-14-35(27)36)31-12-6-13-32(22-31)37-20-18-30-17-16-28-10-5-11-29-19-21-38(37)42(30)41(28)29/h3-26H,1-2H3. The Morgan fingerprint density at radius 1 is 0.404 bits per heavy atom. The predicted molar refractivity (Wildman–Crippen MR) is 197 cm³/mol. The summed E-state index contributed by atoms with van der Waals surface area (Å²) >= 11 is 0. The van der Waals surface area contributed by atoms with Gasteiger partial charge in [-0.2, -0.15) is 0 Å². The Morgan fingerprint density at radius 2 is 0.979 bits per heavy atom. The van der Waals surface area contributed by atoms with Gasteiger partial charge in [0.2, 0.25) is 0 Å². The first kappa shape index (κ1) is 26.4. The van der Waals surface area contributed by atoms with E-state index >= 15 is 0 Å². The van der Waals surface area contributed by atoms with E-state index in [0.29, 0.717) is 0 Å². The van der Waals surface area contributed by atoms with Crippen molar-refractivity contribution in [2.24, 2.45) is 0 Å². The van der Waals surface area contributed by atoms with Gasteiger partial charge in [0.25, 0.3) is 0 Å². The number of rotatable bonds is 3. The SMILES string of the molecule is CC1(C)c2cc(-c3cccc(-c4ccc5ccc6cccc7ccc4c5c67)c3)cnc2-c2ncc(-c3cccc4ccccc34)cc21. The van der Waals surface area contributed by atoms with Crippen molar-refractivity contribution in [3.63, 3.8) is 0 Å². The summed E-state index contributed by atoms with van der Waals surface area (Å²) in [5.41, 5.74) is 11.3. The molecule has 1 aliphatic rings. The zero-order chi connectivity index (χ0) is 31.3. The summed E-state index contributed by atoms with van der Waals surface area (Å²) in [5.74, 6) is 0. The highest BCUT2D eigenvalue weighted by Gasteiger charge is 2.38. The van der Waals surface area contributed by atoms with E-state index in [2.05, 4.69) is 147 Å². The van der Waals surface area contributed by atoms with Crippen molar-refractivity contribution in [3.8, 4) is 44.8 Å². The van der Waals surface area contributed by atoms with Gasteiger partial charge in [0.1, 0.15) is 0 Å². The summed E-state index contributed by atoms with van der Waals surface area (Å²) in [6.45, 7) is 4.61. The zero-order valence-corrected chi connectivity index (χ0v) is 26.3. The van der Waals surface area contributed by atoms with Gasteiger partial charge in [-0.1, -0.05) is 129 Å². The topological polar surface area (TPSA) is 25.8 Å². The molecule has 1 aliphatic carbocycles. The van der Waals surface area contributed by atoms with E-state index in [4.69, 9.17) is 9.97 Å². The number of hydrogen-bond donors (Lipinski definition) is 0. The molecular formula is C45H30N2. The normalized spacial score (nSPS) is 13.5. The lowest BCUT2D eigenvalue weighted by Gasteiger charge is -2.22. The van der Waals surface area contributed by atoms with E-state index in [-0.39, 0.29) is 5.41 Å². The average Bonchev–Trinajstić information content (AvgIpc) is 3.35. The lowest BCUT2D eigenvalue weighted by atomic mass is 9.81. The lowest BCUT2D eigenvalue weighted by molar-refractivity contribution is 0.658. The van der Waals surface area contributed by atoms with E-state index in [1.807, 2.05) is 12.4 Å². The number of fused-ring (bicyclic) bond motifs is 4. The van der Waals surface area contributed by atoms with E-state index in [9.17, 15) is 0 Å². The van der Waals surface area contributed by atoms with Crippen LogP contribution in [0.25, 0.3) is 87.9 Å². The van der Waals surface area contributed by atoms with Crippen LogP contribution in [0.1, 0.15) is 25.0 Å². The van der Waals surface area contributed by atoms with Gasteiger partial charge in [-0.15, -0.1) is 0 Å². The first-order valence-electron chi connectivity index (χ1n) is 16.3. The molecule has 220 valence electrons. The largest absolute Gasteiger partial charge is 0.254 e. The van der Waals surface area contributed by atoms with Crippen LogP contribution in [-0.4, -0.2) is 9.97 Å². The molecule has 0 amide bonds. The number of hydrogen-bond acceptors (Lipinski definition) is 2. The number of nitrogens with zero attached hydrogens (tertiary/aromatic N) is 2. The molecular weight excluding hydrogens is 569 g/mol. The van der Waals surface area contributed by atoms with E-state index in [1.54, 1.807) is 0 Å². The van der Waals surface area contributed by atoms with Crippen LogP contribution in [0.3, 0.4) is 0 Å². The molecule has 2 aromatic heterocycles. The molecule has 2 heterocycles. The van der Waals surface area contributed by atoms with Gasteiger partial charge >= 0.3 is 0 Å². The van der Waals surface area contributed by atoms with Crippen LogP contribution in [0.4, 0.5) is 0 Å². The summed E-state index contributed by atoms with van der Waals surface area (Å²) in [6, 6.07) is 48.9. The Kier molecular flexibility index (Phi) is 5.37. The number of pyridine rings is 2. The molecule has 0 unspecified atom stereocenters. The molecule has 0 radical (unpaired) electrons. The Hall–Kier alpha value is -5.86. The van der Waals surface area contributed by atoms with Gasteiger partial charge in [0.15, 0.2) is 0 Å². The third-order valence-electron chi connectivity index (χ3n) is 10.5. The van der Waals surface area contributed by atoms with E-state index in [1.165, 1.54) is 76.5 Å². The maximum atomic E-state index is 5.07. The molecule has 9 aromatic rings. The monoisotopic (exact) mass is 598 g/mol. The second-order valence-corrected chi connectivity index (χ2v) is 13.4. The van der Waals surface area contributed by atoms with Crippen LogP contribution in [-0.2, 0) is 5.41 Å². The molecule has 7 aromatic carbocycles. The second kappa shape index (κ2) is 9.57. The first-order valence-corrected chi connectivity index (χ1v) is 16.3. The van der Waals surface area contributed by atoms with Crippen molar-refractivity contribution in [3.05, 3.63) is 157 Å². The number of benzene rings is 7. The van der Waals surface area contributed by atoms with Crippen LogP contribution < -0.4 is 0 Å². The molecule has 2 nitrogen and oxygen atoms in total. The van der Waals surface area contributed by atoms with Crippen LogP contribution in [0.5, 0.6) is 0 Å². The summed E-state index contributed by atoms with van der Waals surface area (Å²) in [4.78, 5) is 10.1. The van der Waals surface area contributed by atoms with Gasteiger partial charge < -0.3 is 0 Å². The fourth-order valence-electron chi connectivity index (χ4n) is 8.04. The summed E-state index contributed by atoms with van der Waals surface area (Å²) < 4.78 is 0. The molecule has 0 spiro atoms. The summed E-state index contributed by atoms with van der Waals surface area (Å²) in [6.07, 6.45) is 4.04. The molecule has 0 aliphatic heterocycles. The van der Waals surface area contributed by atoms with Crippen LogP contribution in [0.2, 0.25) is 0 Å². The van der Waals surface area contributed by atoms with E-state index < -0.39 is 0 Å². The van der Waals surface area contributed by atoms with Crippen LogP contribution >= 0.6 is 0 Å². The zero-order valence-electron chi connectivity index (χ0n) is 26.3. The lowest BCUT2D eigenvalue weighted by Crippen LogP contribution is -2.15. The van der Waals surface area contributed by atoms with Gasteiger partial charge in [-0.05, 0) is 94.7 Å². The molecule has 0 fully saturated rings. The Morgan fingerprint density at radius 3 is 1.81 bits per heavy atom. The van der Waals surface area contributed by atoms with Crippen molar-refractivity contribution in [1.29, 1.82) is 0 Å². The highest BCUT2D eigenvalue weighted by molar-refractivity contribution is 6.25. The molecule has 0 N–H and O–H groups in total. The van der Waals surface area contributed by atoms with Gasteiger partial charge in [0, 0.05) is 28.9 Å². The highest BCUT2D eigenvalue weighted by atomic mass is 14.8. The van der Waals surface area contributed by atoms with Gasteiger partial charge in [-0.3, -0.25) is 9.97 Å². The molecule has 0 saturated carbocycles. The number of aromatic nitrogens is 2. The molecule has 2 heteroatoms.